The predicted molar refractivity (Wildman–Crippen MR) is 86.0 cm³/mol. The van der Waals surface area contributed by atoms with Crippen LogP contribution in [-0.4, -0.2) is 23.7 Å². The van der Waals surface area contributed by atoms with Crippen molar-refractivity contribution >= 4 is 12.1 Å². The van der Waals surface area contributed by atoms with Crippen LogP contribution in [0.25, 0.3) is 0 Å². The van der Waals surface area contributed by atoms with Gasteiger partial charge in [-0.2, -0.15) is 13.2 Å². The number of rotatable bonds is 6. The Hall–Kier alpha value is -2.90. The number of pyridine rings is 1. The Kier molecular flexibility index (Phi) is 6.10. The monoisotopic (exact) mass is 351 g/mol. The van der Waals surface area contributed by atoms with Crippen LogP contribution in [0.2, 0.25) is 0 Å². The Labute approximate surface area is 142 Å². The van der Waals surface area contributed by atoms with Crippen LogP contribution in [0.1, 0.15) is 27.0 Å². The number of hydrogen-bond donors (Lipinski definition) is 1. The molecule has 0 aliphatic heterocycles. The largest absolute Gasteiger partial charge is 0.417 e. The molecule has 0 saturated carbocycles. The molecule has 0 fully saturated rings. The molecular weight excluding hydrogens is 335 g/mol. The molecular formula is C17H16F3N3O2. The summed E-state index contributed by atoms with van der Waals surface area (Å²) in [6.45, 7) is 2.16. The van der Waals surface area contributed by atoms with E-state index < -0.39 is 23.2 Å². The van der Waals surface area contributed by atoms with Gasteiger partial charge < -0.3 is 10.2 Å². The van der Waals surface area contributed by atoms with E-state index in [0.29, 0.717) is 0 Å². The third-order valence-electron chi connectivity index (χ3n) is 3.23. The lowest BCUT2D eigenvalue weighted by Gasteiger charge is -2.11. The van der Waals surface area contributed by atoms with Crippen molar-refractivity contribution in [2.24, 2.45) is 5.16 Å². The summed E-state index contributed by atoms with van der Waals surface area (Å²) in [6.07, 6.45) is -1.50. The molecule has 0 radical (unpaired) electrons. The maximum atomic E-state index is 12.8. The topological polar surface area (TPSA) is 63.6 Å². The van der Waals surface area contributed by atoms with E-state index in [1.54, 1.807) is 0 Å². The average Bonchev–Trinajstić information content (AvgIpc) is 2.58. The van der Waals surface area contributed by atoms with Crippen LogP contribution >= 0.6 is 0 Å². The zero-order chi connectivity index (χ0) is 18.3. The van der Waals surface area contributed by atoms with Gasteiger partial charge in [-0.25, -0.2) is 0 Å². The van der Waals surface area contributed by atoms with Crippen molar-refractivity contribution in [1.29, 1.82) is 0 Å². The summed E-state index contributed by atoms with van der Waals surface area (Å²) >= 11 is 0. The summed E-state index contributed by atoms with van der Waals surface area (Å²) in [5, 5.41) is 5.96. The lowest BCUT2D eigenvalue weighted by Crippen LogP contribution is -2.28. The van der Waals surface area contributed by atoms with Crippen LogP contribution in [0.4, 0.5) is 13.2 Å². The van der Waals surface area contributed by atoms with E-state index in [0.717, 1.165) is 29.6 Å². The number of oxime groups is 1. The molecule has 2 rings (SSSR count). The van der Waals surface area contributed by atoms with Gasteiger partial charge in [0.15, 0.2) is 0 Å². The minimum atomic E-state index is -4.62. The van der Waals surface area contributed by atoms with Crippen molar-refractivity contribution in [3.63, 3.8) is 0 Å². The molecule has 1 N–H and O–H groups in total. The second-order valence-electron chi connectivity index (χ2n) is 5.18. The van der Waals surface area contributed by atoms with Crippen LogP contribution in [0.3, 0.4) is 0 Å². The van der Waals surface area contributed by atoms with Gasteiger partial charge in [0.05, 0.1) is 23.9 Å². The zero-order valence-electron chi connectivity index (χ0n) is 13.4. The molecule has 0 aliphatic carbocycles. The molecule has 8 heteroatoms. The maximum Gasteiger partial charge on any atom is 0.417 e. The first-order valence-electron chi connectivity index (χ1n) is 7.36. The highest BCUT2D eigenvalue weighted by atomic mass is 19.4. The molecule has 1 amide bonds. The number of nitrogens with zero attached hydrogens (tertiary/aromatic N) is 2. The van der Waals surface area contributed by atoms with E-state index in [9.17, 15) is 18.0 Å². The van der Waals surface area contributed by atoms with Crippen LogP contribution in [-0.2, 0) is 17.6 Å². The van der Waals surface area contributed by atoms with Crippen molar-refractivity contribution in [2.45, 2.75) is 19.7 Å². The Morgan fingerprint density at radius 1 is 1.28 bits per heavy atom. The predicted octanol–water partition coefficient (Wildman–Crippen LogP) is 3.34. The van der Waals surface area contributed by atoms with Gasteiger partial charge >= 0.3 is 6.18 Å². The third-order valence-corrected chi connectivity index (χ3v) is 3.23. The minimum Gasteiger partial charge on any atom is -0.391 e. The fourth-order valence-electron chi connectivity index (χ4n) is 1.94. The van der Waals surface area contributed by atoms with Crippen LogP contribution in [0.5, 0.6) is 0 Å². The van der Waals surface area contributed by atoms with Crippen molar-refractivity contribution in [3.8, 4) is 0 Å². The summed E-state index contributed by atoms with van der Waals surface area (Å²) in [6, 6.07) is 8.43. The molecule has 1 heterocycles. The molecule has 0 aliphatic rings. The molecule has 0 atom stereocenters. The normalized spacial score (nSPS) is 11.5. The molecule has 2 aromatic rings. The van der Waals surface area contributed by atoms with Gasteiger partial charge in [0.2, 0.25) is 0 Å². The summed E-state index contributed by atoms with van der Waals surface area (Å²) < 4.78 is 38.5. The lowest BCUT2D eigenvalue weighted by atomic mass is 10.1. The zero-order valence-corrected chi connectivity index (χ0v) is 13.4. The number of aryl methyl sites for hydroxylation is 1. The van der Waals surface area contributed by atoms with Gasteiger partial charge in [-0.3, -0.25) is 9.78 Å². The Morgan fingerprint density at radius 2 is 2.00 bits per heavy atom. The standard InChI is InChI=1S/C17H16F3N3O2/c1-12-2-4-13(5-3-12)11-25-23-9-8-22-16(24)14-10-21-7-6-15(14)17(18,19)20/h2-7,9-10H,8,11H2,1H3,(H,22,24). The smallest absolute Gasteiger partial charge is 0.391 e. The van der Waals surface area contributed by atoms with Crippen molar-refractivity contribution < 1.29 is 22.8 Å². The molecule has 0 spiro atoms. The van der Waals surface area contributed by atoms with E-state index in [1.165, 1.54) is 6.21 Å². The van der Waals surface area contributed by atoms with E-state index in [4.69, 9.17) is 4.84 Å². The Bertz CT molecular complexity index is 744. The first-order chi connectivity index (χ1) is 11.9. The molecule has 1 aromatic carbocycles. The van der Waals surface area contributed by atoms with Gasteiger partial charge in [-0.05, 0) is 18.6 Å². The second-order valence-corrected chi connectivity index (χ2v) is 5.18. The number of hydrogen-bond acceptors (Lipinski definition) is 4. The molecule has 1 aromatic heterocycles. The Balaban J connectivity index is 1.82. The van der Waals surface area contributed by atoms with E-state index in [1.807, 2.05) is 31.2 Å². The number of aromatic nitrogens is 1. The van der Waals surface area contributed by atoms with Gasteiger partial charge in [0, 0.05) is 12.4 Å². The first kappa shape index (κ1) is 18.4. The van der Waals surface area contributed by atoms with E-state index in [2.05, 4.69) is 15.5 Å². The summed E-state index contributed by atoms with van der Waals surface area (Å²) in [5.41, 5.74) is 0.483. The van der Waals surface area contributed by atoms with Crippen molar-refractivity contribution in [2.75, 3.05) is 6.54 Å². The van der Waals surface area contributed by atoms with Gasteiger partial charge in [0.1, 0.15) is 6.61 Å². The fraction of sp³-hybridized carbons (Fsp3) is 0.235. The van der Waals surface area contributed by atoms with Crippen LogP contribution in [0.15, 0.2) is 47.9 Å². The number of halogens is 3. The molecule has 132 valence electrons. The van der Waals surface area contributed by atoms with E-state index in [-0.39, 0.29) is 13.2 Å². The number of benzene rings is 1. The van der Waals surface area contributed by atoms with Crippen molar-refractivity contribution in [3.05, 3.63) is 65.0 Å². The summed E-state index contributed by atoms with van der Waals surface area (Å²) in [4.78, 5) is 20.5. The maximum absolute atomic E-state index is 12.8. The number of carbonyl (C=O) groups is 1. The van der Waals surface area contributed by atoms with Gasteiger partial charge in [0.25, 0.3) is 5.91 Å². The highest BCUT2D eigenvalue weighted by Crippen LogP contribution is 2.31. The number of carbonyl (C=O) groups excluding carboxylic acids is 1. The molecule has 0 bridgehead atoms. The van der Waals surface area contributed by atoms with Gasteiger partial charge in [-0.15, -0.1) is 0 Å². The van der Waals surface area contributed by atoms with Crippen LogP contribution < -0.4 is 5.32 Å². The van der Waals surface area contributed by atoms with Crippen molar-refractivity contribution in [1.82, 2.24) is 10.3 Å². The molecule has 0 saturated heterocycles. The summed E-state index contributed by atoms with van der Waals surface area (Å²) in [7, 11) is 0. The first-order valence-corrected chi connectivity index (χ1v) is 7.36. The highest BCUT2D eigenvalue weighted by Gasteiger charge is 2.35. The Morgan fingerprint density at radius 3 is 2.68 bits per heavy atom. The molecule has 25 heavy (non-hydrogen) atoms. The lowest BCUT2D eigenvalue weighted by molar-refractivity contribution is -0.138. The minimum absolute atomic E-state index is 0.0705. The average molecular weight is 351 g/mol. The number of nitrogens with one attached hydrogen (secondary N) is 1. The molecule has 0 unspecified atom stereocenters. The SMILES string of the molecule is Cc1ccc(CON=CCNC(=O)c2cnccc2C(F)(F)F)cc1. The quantitative estimate of drug-likeness (QED) is 0.641. The number of amides is 1. The molecule has 5 nitrogen and oxygen atoms in total. The number of alkyl halides is 3. The third kappa shape index (κ3) is 5.59. The fourth-order valence-corrected chi connectivity index (χ4v) is 1.94. The highest BCUT2D eigenvalue weighted by molar-refractivity contribution is 5.96. The van der Waals surface area contributed by atoms with Crippen LogP contribution in [0, 0.1) is 6.92 Å². The second kappa shape index (κ2) is 8.27. The van der Waals surface area contributed by atoms with E-state index >= 15 is 0 Å². The summed E-state index contributed by atoms with van der Waals surface area (Å²) in [5.74, 6) is -0.884. The van der Waals surface area contributed by atoms with Gasteiger partial charge in [-0.1, -0.05) is 35.0 Å².